The monoisotopic (exact) mass is 357 g/mol. The normalized spacial score (nSPS) is 13.2. The lowest BCUT2D eigenvalue weighted by Gasteiger charge is -1.93. The molecule has 0 bridgehead atoms. The van der Waals surface area contributed by atoms with Gasteiger partial charge in [-0.25, -0.2) is 0 Å². The van der Waals surface area contributed by atoms with Gasteiger partial charge in [0.1, 0.15) is 6.29 Å². The molecule has 0 amide bonds. The van der Waals surface area contributed by atoms with Crippen molar-refractivity contribution >= 4 is 6.29 Å². The number of hydrogen-bond donors (Lipinski definition) is 0. The van der Waals surface area contributed by atoms with Gasteiger partial charge in [-0.3, -0.25) is 10.1 Å². The van der Waals surface area contributed by atoms with Gasteiger partial charge in [0.05, 0.1) is 11.3 Å². The summed E-state index contributed by atoms with van der Waals surface area (Å²) in [5.41, 5.74) is 0.202. The van der Waals surface area contributed by atoms with E-state index in [1.807, 2.05) is 24.3 Å². The largest absolute Gasteiger partial charge is 0.303 e. The number of rotatable bonds is 15. The number of carbonyl (C=O) groups is 1. The Morgan fingerprint density at radius 2 is 1.31 bits per heavy atom. The molecule has 0 heterocycles. The summed E-state index contributed by atoms with van der Waals surface area (Å²) in [6, 6.07) is 0. The first-order valence-electron chi connectivity index (χ1n) is 9.24. The average molecular weight is 357 g/mol. The molecule has 0 aromatic heterocycles. The number of allylic oxidation sites excluding steroid dienone is 11. The van der Waals surface area contributed by atoms with Crippen LogP contribution in [0.3, 0.4) is 0 Å². The molecule has 0 spiro atoms. The van der Waals surface area contributed by atoms with E-state index in [0.717, 1.165) is 32.0 Å². The molecule has 0 aromatic carbocycles. The van der Waals surface area contributed by atoms with Gasteiger partial charge in [-0.1, -0.05) is 67.7 Å². The van der Waals surface area contributed by atoms with Gasteiger partial charge in [0, 0.05) is 6.42 Å². The first-order valence-corrected chi connectivity index (χ1v) is 9.24. The van der Waals surface area contributed by atoms with Crippen LogP contribution in [-0.2, 0) is 4.79 Å². The van der Waals surface area contributed by atoms with Crippen LogP contribution in [0.4, 0.5) is 0 Å². The molecule has 0 unspecified atom stereocenters. The third kappa shape index (κ3) is 16.4. The second-order valence-electron chi connectivity index (χ2n) is 5.61. The Morgan fingerprint density at radius 1 is 0.769 bits per heavy atom. The maximum atomic E-state index is 11.0. The maximum Gasteiger partial charge on any atom is 0.246 e. The summed E-state index contributed by atoms with van der Waals surface area (Å²) >= 11 is 0. The highest BCUT2D eigenvalue weighted by atomic mass is 16.6. The molecule has 0 saturated heterocycles. The van der Waals surface area contributed by atoms with Crippen LogP contribution in [-0.4, -0.2) is 11.2 Å². The van der Waals surface area contributed by atoms with E-state index in [2.05, 4.69) is 43.4 Å². The van der Waals surface area contributed by atoms with Crippen LogP contribution in [0.25, 0.3) is 0 Å². The first-order chi connectivity index (χ1) is 12.7. The molecule has 0 radical (unpaired) electrons. The summed E-state index contributed by atoms with van der Waals surface area (Å²) in [7, 11) is 0. The summed E-state index contributed by atoms with van der Waals surface area (Å²) in [6.45, 7) is 2.12. The fourth-order valence-corrected chi connectivity index (χ4v) is 2.00. The minimum atomic E-state index is -0.336. The Balaban J connectivity index is 4.04. The van der Waals surface area contributed by atoms with Crippen molar-refractivity contribution < 1.29 is 9.72 Å². The lowest BCUT2D eigenvalue weighted by atomic mass is 10.2. The van der Waals surface area contributed by atoms with E-state index >= 15 is 0 Å². The molecule has 142 valence electrons. The minimum Gasteiger partial charge on any atom is -0.303 e. The summed E-state index contributed by atoms with van der Waals surface area (Å²) in [6.07, 6.45) is 28.5. The molecule has 0 N–H and O–H groups in total. The highest BCUT2D eigenvalue weighted by Gasteiger charge is 2.06. The topological polar surface area (TPSA) is 60.2 Å². The van der Waals surface area contributed by atoms with Crippen molar-refractivity contribution in [2.45, 2.75) is 58.3 Å². The molecular formula is C22H31NO3. The van der Waals surface area contributed by atoms with Gasteiger partial charge in [0.15, 0.2) is 0 Å². The van der Waals surface area contributed by atoms with Crippen molar-refractivity contribution in [1.82, 2.24) is 0 Å². The van der Waals surface area contributed by atoms with E-state index in [1.165, 1.54) is 0 Å². The highest BCUT2D eigenvalue weighted by molar-refractivity contribution is 5.49. The predicted octanol–water partition coefficient (Wildman–Crippen LogP) is 6.27. The zero-order valence-electron chi connectivity index (χ0n) is 15.8. The molecule has 0 fully saturated rings. The Morgan fingerprint density at radius 3 is 1.85 bits per heavy atom. The van der Waals surface area contributed by atoms with Crippen LogP contribution in [0.1, 0.15) is 58.3 Å². The average Bonchev–Trinajstić information content (AvgIpc) is 2.63. The van der Waals surface area contributed by atoms with Crippen molar-refractivity contribution in [2.24, 2.45) is 0 Å². The fraction of sp³-hybridized carbons (Fsp3) is 0.409. The van der Waals surface area contributed by atoms with Crippen LogP contribution in [0.5, 0.6) is 0 Å². The summed E-state index contributed by atoms with van der Waals surface area (Å²) in [4.78, 5) is 20.8. The Labute approximate surface area is 157 Å². The van der Waals surface area contributed by atoms with Crippen molar-refractivity contribution in [3.05, 3.63) is 82.6 Å². The third-order valence-electron chi connectivity index (χ3n) is 3.39. The van der Waals surface area contributed by atoms with Crippen LogP contribution in [0.2, 0.25) is 0 Å². The highest BCUT2D eigenvalue weighted by Crippen LogP contribution is 2.06. The van der Waals surface area contributed by atoms with E-state index in [1.54, 1.807) is 6.08 Å². The van der Waals surface area contributed by atoms with Crippen molar-refractivity contribution in [1.29, 1.82) is 0 Å². The van der Waals surface area contributed by atoms with Crippen LogP contribution >= 0.6 is 0 Å². The standard InChI is InChI=1S/C22H31NO3/c1-2-3-4-5-6-7-8-9-10-11-13-16-19-22(23(25)26)20-17-14-12-15-18-21-24/h3-4,6-7,9-10,12-14,16,20-21H,2,5,8,11,15,17-19H2,1H3/b4-3+,7-6+,10-9+,14-12+,16-13+,22-20-. The van der Waals surface area contributed by atoms with Gasteiger partial charge >= 0.3 is 0 Å². The van der Waals surface area contributed by atoms with Crippen molar-refractivity contribution in [3.8, 4) is 0 Å². The minimum absolute atomic E-state index is 0.202. The third-order valence-corrected chi connectivity index (χ3v) is 3.39. The van der Waals surface area contributed by atoms with Gasteiger partial charge < -0.3 is 4.79 Å². The molecule has 26 heavy (non-hydrogen) atoms. The van der Waals surface area contributed by atoms with Crippen LogP contribution in [0, 0.1) is 10.1 Å². The van der Waals surface area contributed by atoms with Crippen LogP contribution < -0.4 is 0 Å². The molecular weight excluding hydrogens is 326 g/mol. The molecule has 0 aromatic rings. The smallest absolute Gasteiger partial charge is 0.246 e. The summed E-state index contributed by atoms with van der Waals surface area (Å²) in [5.74, 6) is 0. The number of nitro groups is 1. The van der Waals surface area contributed by atoms with Gasteiger partial charge in [-0.2, -0.15) is 0 Å². The Kier molecular flexibility index (Phi) is 17.0. The first kappa shape index (κ1) is 23.5. The molecule has 0 atom stereocenters. The molecule has 0 aliphatic rings. The maximum absolute atomic E-state index is 11.0. The second-order valence-corrected chi connectivity index (χ2v) is 5.61. The van der Waals surface area contributed by atoms with E-state index in [0.29, 0.717) is 25.7 Å². The zero-order valence-corrected chi connectivity index (χ0v) is 15.8. The van der Waals surface area contributed by atoms with Gasteiger partial charge in [0.25, 0.3) is 0 Å². The van der Waals surface area contributed by atoms with Crippen molar-refractivity contribution in [3.63, 3.8) is 0 Å². The molecule has 0 rings (SSSR count). The van der Waals surface area contributed by atoms with Crippen LogP contribution in [0.15, 0.2) is 72.5 Å². The number of aldehydes is 1. The summed E-state index contributed by atoms with van der Waals surface area (Å²) in [5, 5.41) is 11.0. The van der Waals surface area contributed by atoms with Crippen molar-refractivity contribution in [2.75, 3.05) is 0 Å². The molecule has 4 nitrogen and oxygen atoms in total. The quantitative estimate of drug-likeness (QED) is 0.114. The Bertz CT molecular complexity index is 552. The second kappa shape index (κ2) is 18.8. The lowest BCUT2D eigenvalue weighted by molar-refractivity contribution is -0.427. The molecule has 0 aliphatic heterocycles. The van der Waals surface area contributed by atoms with E-state index in [4.69, 9.17) is 0 Å². The predicted molar refractivity (Wildman–Crippen MR) is 109 cm³/mol. The van der Waals surface area contributed by atoms with Gasteiger partial charge in [-0.05, 0) is 44.6 Å². The number of hydrogen-bond acceptors (Lipinski definition) is 3. The summed E-state index contributed by atoms with van der Waals surface area (Å²) < 4.78 is 0. The lowest BCUT2D eigenvalue weighted by Crippen LogP contribution is -1.97. The Hall–Kier alpha value is -2.49. The van der Waals surface area contributed by atoms with Gasteiger partial charge in [0.2, 0.25) is 5.70 Å². The number of unbranched alkanes of at least 4 members (excludes halogenated alkanes) is 1. The SMILES string of the molecule is CC/C=C/C/C=C/C/C=C/C/C=C/C/C(=C/C/C=C/CCC=O)[N+](=O)[O-]. The van der Waals surface area contributed by atoms with E-state index < -0.39 is 0 Å². The fourth-order valence-electron chi connectivity index (χ4n) is 2.00. The van der Waals surface area contributed by atoms with E-state index in [-0.39, 0.29) is 10.6 Å². The molecule has 0 saturated carbocycles. The molecule has 4 heteroatoms. The number of nitrogens with zero attached hydrogens (tertiary/aromatic N) is 1. The molecule has 0 aliphatic carbocycles. The van der Waals surface area contributed by atoms with E-state index in [9.17, 15) is 14.9 Å². The zero-order chi connectivity index (χ0) is 19.3. The number of carbonyl (C=O) groups excluding carboxylic acids is 1. The van der Waals surface area contributed by atoms with Gasteiger partial charge in [-0.15, -0.1) is 0 Å².